The predicted octanol–water partition coefficient (Wildman–Crippen LogP) is 2.35. The number of nitrogens with zero attached hydrogens (tertiary/aromatic N) is 6. The first kappa shape index (κ1) is 20.8. The summed E-state index contributed by atoms with van der Waals surface area (Å²) in [6.45, 7) is 13.1. The molecule has 160 valence electrons. The van der Waals surface area contributed by atoms with Crippen molar-refractivity contribution in [2.24, 2.45) is 0 Å². The topological polar surface area (TPSA) is 60.1 Å². The van der Waals surface area contributed by atoms with Gasteiger partial charge in [0.15, 0.2) is 11.5 Å². The molecule has 0 radical (unpaired) electrons. The van der Waals surface area contributed by atoms with Crippen LogP contribution in [-0.4, -0.2) is 81.6 Å². The van der Waals surface area contributed by atoms with E-state index in [1.807, 2.05) is 42.9 Å². The molecule has 3 aromatic rings. The van der Waals surface area contributed by atoms with Gasteiger partial charge in [0.25, 0.3) is 0 Å². The van der Waals surface area contributed by atoms with Crippen molar-refractivity contribution in [1.29, 1.82) is 0 Å². The minimum atomic E-state index is 0.0544. The van der Waals surface area contributed by atoms with Crippen molar-refractivity contribution in [2.75, 3.05) is 57.3 Å². The first-order valence-electron chi connectivity index (χ1n) is 10.9. The van der Waals surface area contributed by atoms with Crippen LogP contribution < -0.4 is 4.90 Å². The van der Waals surface area contributed by atoms with E-state index in [-0.39, 0.29) is 6.61 Å². The van der Waals surface area contributed by atoms with Crippen molar-refractivity contribution < 1.29 is 5.11 Å². The fourth-order valence-electron chi connectivity index (χ4n) is 4.13. The average molecular weight is 409 g/mol. The van der Waals surface area contributed by atoms with Gasteiger partial charge in [-0.15, -0.1) is 0 Å². The van der Waals surface area contributed by atoms with Crippen molar-refractivity contribution in [2.45, 2.75) is 20.5 Å². The quantitative estimate of drug-likeness (QED) is 0.617. The minimum absolute atomic E-state index is 0.0544. The Labute approximate surface area is 178 Å². The van der Waals surface area contributed by atoms with Gasteiger partial charge in [-0.3, -0.25) is 9.30 Å². The summed E-state index contributed by atoms with van der Waals surface area (Å²) in [5.74, 6) is 0.958. The standard InChI is InChI=1S/C23H32N6O/c1-3-26(4-2)11-12-27-13-15-28(16-14-27)22-23-24-9-10-29(23)21(17-25-22)20-7-5-19(18-30)6-8-20/h5-10,17,30H,3-4,11-16,18H2,1-2H3. The summed E-state index contributed by atoms with van der Waals surface area (Å²) in [7, 11) is 0. The van der Waals surface area contributed by atoms with E-state index in [0.29, 0.717) is 0 Å². The summed E-state index contributed by atoms with van der Waals surface area (Å²) in [5, 5.41) is 9.28. The molecule has 0 spiro atoms. The van der Waals surface area contributed by atoms with Gasteiger partial charge in [0, 0.05) is 57.2 Å². The van der Waals surface area contributed by atoms with Crippen molar-refractivity contribution in [3.63, 3.8) is 0 Å². The molecule has 1 fully saturated rings. The van der Waals surface area contributed by atoms with Gasteiger partial charge >= 0.3 is 0 Å². The number of fused-ring (bicyclic) bond motifs is 1. The summed E-state index contributed by atoms with van der Waals surface area (Å²) < 4.78 is 2.11. The van der Waals surface area contributed by atoms with Crippen molar-refractivity contribution >= 4 is 11.5 Å². The van der Waals surface area contributed by atoms with Gasteiger partial charge in [-0.05, 0) is 18.7 Å². The van der Waals surface area contributed by atoms with E-state index < -0.39 is 0 Å². The lowest BCUT2D eigenvalue weighted by atomic mass is 10.1. The number of hydrogen-bond donors (Lipinski definition) is 1. The van der Waals surface area contributed by atoms with Crippen molar-refractivity contribution in [3.8, 4) is 11.3 Å². The van der Waals surface area contributed by atoms with E-state index in [1.165, 1.54) is 0 Å². The van der Waals surface area contributed by atoms with Crippen LogP contribution in [0.5, 0.6) is 0 Å². The Kier molecular flexibility index (Phi) is 6.62. The van der Waals surface area contributed by atoms with Gasteiger partial charge in [0.05, 0.1) is 18.5 Å². The number of anilines is 1. The third kappa shape index (κ3) is 4.33. The normalized spacial score (nSPS) is 15.4. The molecule has 7 heteroatoms. The lowest BCUT2D eigenvalue weighted by molar-refractivity contribution is 0.206. The van der Waals surface area contributed by atoms with Crippen LogP contribution >= 0.6 is 0 Å². The van der Waals surface area contributed by atoms with Crippen molar-refractivity contribution in [1.82, 2.24) is 24.2 Å². The van der Waals surface area contributed by atoms with Gasteiger partial charge in [0.2, 0.25) is 0 Å². The van der Waals surface area contributed by atoms with E-state index >= 15 is 0 Å². The Balaban J connectivity index is 1.48. The second-order valence-corrected chi connectivity index (χ2v) is 7.80. The van der Waals surface area contributed by atoms with Crippen LogP contribution in [0.25, 0.3) is 16.9 Å². The van der Waals surface area contributed by atoms with E-state index in [2.05, 4.69) is 37.9 Å². The van der Waals surface area contributed by atoms with Gasteiger partial charge in [-0.25, -0.2) is 9.97 Å². The fraction of sp³-hybridized carbons (Fsp3) is 0.478. The Morgan fingerprint density at radius 3 is 2.40 bits per heavy atom. The smallest absolute Gasteiger partial charge is 0.180 e. The number of imidazole rings is 1. The number of hydrogen-bond acceptors (Lipinski definition) is 6. The summed E-state index contributed by atoms with van der Waals surface area (Å²) in [6, 6.07) is 7.94. The zero-order valence-electron chi connectivity index (χ0n) is 18.0. The molecule has 0 atom stereocenters. The van der Waals surface area contributed by atoms with Gasteiger partial charge in [-0.2, -0.15) is 0 Å². The maximum Gasteiger partial charge on any atom is 0.180 e. The maximum atomic E-state index is 9.28. The summed E-state index contributed by atoms with van der Waals surface area (Å²) in [4.78, 5) is 16.8. The zero-order valence-corrected chi connectivity index (χ0v) is 18.0. The molecule has 0 bridgehead atoms. The minimum Gasteiger partial charge on any atom is -0.392 e. The molecule has 4 rings (SSSR count). The third-order valence-corrected chi connectivity index (χ3v) is 6.14. The van der Waals surface area contributed by atoms with E-state index in [0.717, 1.165) is 80.6 Å². The van der Waals surface area contributed by atoms with Gasteiger partial charge < -0.3 is 14.9 Å². The Morgan fingerprint density at radius 2 is 1.73 bits per heavy atom. The Morgan fingerprint density at radius 1 is 1.00 bits per heavy atom. The first-order valence-corrected chi connectivity index (χ1v) is 10.9. The SMILES string of the molecule is CCN(CC)CCN1CCN(c2ncc(-c3ccc(CO)cc3)n3ccnc23)CC1. The summed E-state index contributed by atoms with van der Waals surface area (Å²) in [6.07, 6.45) is 5.77. The van der Waals surface area contributed by atoms with Crippen LogP contribution in [0.3, 0.4) is 0 Å². The van der Waals surface area contributed by atoms with Gasteiger partial charge in [-0.1, -0.05) is 38.1 Å². The summed E-state index contributed by atoms with van der Waals surface area (Å²) in [5.41, 5.74) is 3.88. The van der Waals surface area contributed by atoms with E-state index in [9.17, 15) is 5.11 Å². The zero-order chi connectivity index (χ0) is 20.9. The molecular formula is C23H32N6O. The molecule has 2 aromatic heterocycles. The lowest BCUT2D eigenvalue weighted by Gasteiger charge is -2.36. The molecule has 0 unspecified atom stereocenters. The molecule has 1 aliphatic rings. The number of benzene rings is 1. The molecule has 1 N–H and O–H groups in total. The molecule has 1 aromatic carbocycles. The highest BCUT2D eigenvalue weighted by Crippen LogP contribution is 2.26. The first-order chi connectivity index (χ1) is 14.7. The number of aromatic nitrogens is 3. The molecule has 0 saturated carbocycles. The Hall–Kier alpha value is -2.48. The number of aliphatic hydroxyl groups is 1. The molecule has 7 nitrogen and oxygen atoms in total. The van der Waals surface area contributed by atoms with Crippen LogP contribution in [-0.2, 0) is 6.61 Å². The predicted molar refractivity (Wildman–Crippen MR) is 121 cm³/mol. The molecule has 0 amide bonds. The number of piperazine rings is 1. The highest BCUT2D eigenvalue weighted by molar-refractivity contribution is 5.71. The lowest BCUT2D eigenvalue weighted by Crippen LogP contribution is -2.48. The number of aliphatic hydroxyl groups excluding tert-OH is 1. The highest BCUT2D eigenvalue weighted by atomic mass is 16.3. The van der Waals surface area contributed by atoms with E-state index in [1.54, 1.807) is 0 Å². The van der Waals surface area contributed by atoms with Crippen LogP contribution in [0.1, 0.15) is 19.4 Å². The second-order valence-electron chi connectivity index (χ2n) is 7.80. The highest BCUT2D eigenvalue weighted by Gasteiger charge is 2.21. The number of rotatable bonds is 8. The van der Waals surface area contributed by atoms with E-state index in [4.69, 9.17) is 4.98 Å². The third-order valence-electron chi connectivity index (χ3n) is 6.14. The van der Waals surface area contributed by atoms with Gasteiger partial charge in [0.1, 0.15) is 0 Å². The van der Waals surface area contributed by atoms with Crippen LogP contribution in [0.2, 0.25) is 0 Å². The molecule has 0 aliphatic carbocycles. The van der Waals surface area contributed by atoms with Crippen LogP contribution in [0.4, 0.5) is 5.82 Å². The average Bonchev–Trinajstić information content (AvgIpc) is 3.30. The van der Waals surface area contributed by atoms with Crippen molar-refractivity contribution in [3.05, 3.63) is 48.4 Å². The van der Waals surface area contributed by atoms with Crippen LogP contribution in [0, 0.1) is 0 Å². The molecule has 3 heterocycles. The Bertz CT molecular complexity index is 942. The monoisotopic (exact) mass is 408 g/mol. The molecule has 1 saturated heterocycles. The molecular weight excluding hydrogens is 376 g/mol. The summed E-state index contributed by atoms with van der Waals surface area (Å²) >= 11 is 0. The fourth-order valence-corrected chi connectivity index (χ4v) is 4.13. The largest absolute Gasteiger partial charge is 0.392 e. The molecule has 30 heavy (non-hydrogen) atoms. The maximum absolute atomic E-state index is 9.28. The molecule has 1 aliphatic heterocycles. The number of likely N-dealkylation sites (N-methyl/N-ethyl adjacent to an activating group) is 1. The van der Waals surface area contributed by atoms with Crippen LogP contribution in [0.15, 0.2) is 42.9 Å². The second kappa shape index (κ2) is 9.55.